The van der Waals surface area contributed by atoms with Crippen LogP contribution in [0.4, 0.5) is 0 Å². The lowest BCUT2D eigenvalue weighted by molar-refractivity contribution is -0.179. The van der Waals surface area contributed by atoms with Crippen molar-refractivity contribution in [3.05, 3.63) is 35.6 Å². The highest BCUT2D eigenvalue weighted by Gasteiger charge is 2.74. The first-order chi connectivity index (χ1) is 18.1. The summed E-state index contributed by atoms with van der Waals surface area (Å²) < 4.78 is 5.22. The van der Waals surface area contributed by atoms with Crippen molar-refractivity contribution in [1.82, 2.24) is 0 Å². The van der Waals surface area contributed by atoms with E-state index in [0.29, 0.717) is 6.42 Å². The molecule has 0 unspecified atom stereocenters. The van der Waals surface area contributed by atoms with Crippen LogP contribution in [-0.2, 0) is 23.9 Å². The molecular weight excluding hydrogens is 512 g/mol. The molecule has 4 aliphatic rings. The molecule has 4 aliphatic carbocycles. The fourth-order valence-corrected chi connectivity index (χ4v) is 8.98. The Morgan fingerprint density at radius 2 is 1.68 bits per heavy atom. The highest BCUT2D eigenvalue weighted by molar-refractivity contribution is 6.02. The Morgan fingerprint density at radius 1 is 1.07 bits per heavy atom. The number of rotatable bonds is 5. The number of hydrogen-bond donors (Lipinski definition) is 3. The van der Waals surface area contributed by atoms with Gasteiger partial charge in [-0.1, -0.05) is 32.4 Å². The first-order valence-corrected chi connectivity index (χ1v) is 14.1. The van der Waals surface area contributed by atoms with E-state index in [1.807, 2.05) is 26.8 Å². The number of carbonyl (C=O) groups is 4. The van der Waals surface area contributed by atoms with Gasteiger partial charge in [0.2, 0.25) is 5.78 Å². The summed E-state index contributed by atoms with van der Waals surface area (Å²) in [7, 11) is 0. The minimum Gasteiger partial charge on any atom is -0.505 e. The predicted octanol–water partition coefficient (Wildman–Crippen LogP) is 4.19. The van der Waals surface area contributed by atoms with E-state index < -0.39 is 62.6 Å². The maximum Gasteiger partial charge on any atom is 0.303 e. The van der Waals surface area contributed by atoms with E-state index in [1.165, 1.54) is 32.1 Å². The van der Waals surface area contributed by atoms with Gasteiger partial charge in [0.25, 0.3) is 0 Å². The van der Waals surface area contributed by atoms with Crippen molar-refractivity contribution in [1.29, 1.82) is 0 Å². The van der Waals surface area contributed by atoms with Crippen LogP contribution in [0, 0.1) is 39.4 Å². The molecule has 0 aromatic carbocycles. The normalized spacial score (nSPS) is 40.4. The molecule has 0 radical (unpaired) electrons. The monoisotopic (exact) mass is 556 g/mol. The van der Waals surface area contributed by atoms with Crippen molar-refractivity contribution in [2.75, 3.05) is 0 Å². The number of aliphatic hydroxyl groups excluding tert-OH is 2. The molecule has 2 saturated carbocycles. The average Bonchev–Trinajstić information content (AvgIpc) is 3.01. The van der Waals surface area contributed by atoms with Crippen LogP contribution in [0.15, 0.2) is 35.6 Å². The number of ether oxygens (including phenoxy) is 1. The van der Waals surface area contributed by atoms with Crippen LogP contribution in [0.2, 0.25) is 0 Å². The number of Topliss-reactive ketones (excluding diaryl/α,β-unsaturated/α-hetero) is 2. The van der Waals surface area contributed by atoms with Crippen LogP contribution in [0.3, 0.4) is 0 Å². The van der Waals surface area contributed by atoms with E-state index in [4.69, 9.17) is 4.74 Å². The van der Waals surface area contributed by atoms with E-state index in [-0.39, 0.29) is 36.1 Å². The summed E-state index contributed by atoms with van der Waals surface area (Å²) in [5, 5.41) is 33.8. The SMILES string of the molecule is CC(=O)OC(C)(C)/C=C/C(=O)[C@](C)(O)[C@@H]1[C@H](O)C[C@]2(C)[C@@H]3CC=C4[C@H](C=C(O)C(=O)C4(C)C)[C@]3(C)C(=O)C[C@]12C. The molecule has 0 heterocycles. The minimum absolute atomic E-state index is 0.0249. The van der Waals surface area contributed by atoms with Gasteiger partial charge < -0.3 is 20.1 Å². The van der Waals surface area contributed by atoms with Crippen LogP contribution in [0.25, 0.3) is 0 Å². The van der Waals surface area contributed by atoms with Crippen molar-refractivity contribution in [3.63, 3.8) is 0 Å². The molecule has 4 rings (SSSR count). The Morgan fingerprint density at radius 3 is 2.25 bits per heavy atom. The molecule has 0 amide bonds. The second-order valence-electron chi connectivity index (χ2n) is 14.4. The Bertz CT molecular complexity index is 1270. The third-order valence-electron chi connectivity index (χ3n) is 11.2. The number of fused-ring (bicyclic) bond motifs is 5. The number of carbonyl (C=O) groups excluding carboxylic acids is 4. The molecule has 8 nitrogen and oxygen atoms in total. The largest absolute Gasteiger partial charge is 0.505 e. The van der Waals surface area contributed by atoms with Gasteiger partial charge in [0.15, 0.2) is 11.5 Å². The molecule has 0 aromatic heterocycles. The first-order valence-electron chi connectivity index (χ1n) is 14.1. The molecule has 0 bridgehead atoms. The van der Waals surface area contributed by atoms with Gasteiger partial charge in [0, 0.05) is 30.6 Å². The van der Waals surface area contributed by atoms with Crippen LogP contribution in [0.5, 0.6) is 0 Å². The van der Waals surface area contributed by atoms with Gasteiger partial charge in [0.1, 0.15) is 17.0 Å². The van der Waals surface area contributed by atoms with Gasteiger partial charge in [-0.15, -0.1) is 0 Å². The molecule has 0 aliphatic heterocycles. The second kappa shape index (κ2) is 8.96. The van der Waals surface area contributed by atoms with Gasteiger partial charge in [-0.05, 0) is 82.4 Å². The molecule has 40 heavy (non-hydrogen) atoms. The zero-order chi connectivity index (χ0) is 30.4. The zero-order valence-electron chi connectivity index (χ0n) is 25.1. The third kappa shape index (κ3) is 4.00. The first kappa shape index (κ1) is 30.4. The third-order valence-corrected chi connectivity index (χ3v) is 11.2. The maximum atomic E-state index is 14.3. The Kier molecular flexibility index (Phi) is 6.80. The fourth-order valence-electron chi connectivity index (χ4n) is 8.98. The summed E-state index contributed by atoms with van der Waals surface area (Å²) in [6.07, 6.45) is 5.89. The minimum atomic E-state index is -2.00. The smallest absolute Gasteiger partial charge is 0.303 e. The van der Waals surface area contributed by atoms with Crippen LogP contribution in [-0.4, -0.2) is 55.9 Å². The van der Waals surface area contributed by atoms with Gasteiger partial charge in [-0.2, -0.15) is 0 Å². The number of ketones is 3. The lowest BCUT2D eigenvalue weighted by Gasteiger charge is -2.63. The van der Waals surface area contributed by atoms with Crippen molar-refractivity contribution in [2.45, 2.75) is 98.9 Å². The zero-order valence-corrected chi connectivity index (χ0v) is 25.1. The summed E-state index contributed by atoms with van der Waals surface area (Å²) in [6.45, 7) is 15.3. The van der Waals surface area contributed by atoms with Crippen LogP contribution < -0.4 is 0 Å². The summed E-state index contributed by atoms with van der Waals surface area (Å²) in [5.74, 6) is -3.61. The van der Waals surface area contributed by atoms with Crippen molar-refractivity contribution >= 4 is 23.3 Å². The van der Waals surface area contributed by atoms with Gasteiger partial charge >= 0.3 is 5.97 Å². The van der Waals surface area contributed by atoms with E-state index >= 15 is 0 Å². The Balaban J connectivity index is 1.76. The molecule has 2 fully saturated rings. The summed E-state index contributed by atoms with van der Waals surface area (Å²) >= 11 is 0. The Hall–Kier alpha value is -2.58. The molecule has 220 valence electrons. The highest BCUT2D eigenvalue weighted by Crippen LogP contribution is 2.73. The summed E-state index contributed by atoms with van der Waals surface area (Å²) in [6, 6.07) is 0. The fraction of sp³-hybridized carbons (Fsp3) is 0.688. The van der Waals surface area contributed by atoms with Gasteiger partial charge in [0.05, 0.1) is 11.5 Å². The van der Waals surface area contributed by atoms with Crippen molar-refractivity contribution < 1.29 is 39.2 Å². The molecule has 0 saturated heterocycles. The standard InChI is InChI=1S/C32H44O8/c1-17(33)40-27(2,3)13-12-23(36)32(9,39)25-21(35)15-29(6)22-11-10-18-19(14-20(34)26(38)28(18,4)5)31(22,8)24(37)16-30(25,29)7/h10,12-14,19,21-22,25,34-35,39H,11,15-16H2,1-9H3/b13-12+/t19-,21+,22-,25+,29+,30+,31-,32-/m0/s1. The summed E-state index contributed by atoms with van der Waals surface area (Å²) in [4.78, 5) is 52.0. The lowest BCUT2D eigenvalue weighted by Crippen LogP contribution is -2.64. The number of allylic oxidation sites excluding steroid dienone is 4. The molecule has 8 heteroatoms. The predicted molar refractivity (Wildman–Crippen MR) is 148 cm³/mol. The van der Waals surface area contributed by atoms with Crippen molar-refractivity contribution in [2.24, 2.45) is 39.4 Å². The number of esters is 1. The van der Waals surface area contributed by atoms with Crippen molar-refractivity contribution in [3.8, 4) is 0 Å². The second-order valence-corrected chi connectivity index (χ2v) is 14.4. The van der Waals surface area contributed by atoms with E-state index in [1.54, 1.807) is 27.7 Å². The maximum absolute atomic E-state index is 14.3. The van der Waals surface area contributed by atoms with Crippen LogP contribution in [0.1, 0.15) is 81.6 Å². The van der Waals surface area contributed by atoms with E-state index in [2.05, 4.69) is 0 Å². The topological polar surface area (TPSA) is 138 Å². The number of hydrogen-bond acceptors (Lipinski definition) is 8. The average molecular weight is 557 g/mol. The highest BCUT2D eigenvalue weighted by atomic mass is 16.6. The molecule has 8 atom stereocenters. The van der Waals surface area contributed by atoms with E-state index in [0.717, 1.165) is 5.57 Å². The molecule has 3 N–H and O–H groups in total. The number of aliphatic hydroxyl groups is 3. The lowest BCUT2D eigenvalue weighted by atomic mass is 9.39. The van der Waals surface area contributed by atoms with Crippen LogP contribution >= 0.6 is 0 Å². The molecule has 0 aromatic rings. The van der Waals surface area contributed by atoms with Gasteiger partial charge in [-0.25, -0.2) is 0 Å². The quantitative estimate of drug-likeness (QED) is 0.260. The summed E-state index contributed by atoms with van der Waals surface area (Å²) in [5.41, 5.74) is -5.72. The van der Waals surface area contributed by atoms with Gasteiger partial charge in [-0.3, -0.25) is 19.2 Å². The Labute approximate surface area is 236 Å². The molecule has 0 spiro atoms. The van der Waals surface area contributed by atoms with E-state index in [9.17, 15) is 34.5 Å². The molecular formula is C32H44O8.